The Bertz CT molecular complexity index is 1180. The van der Waals surface area contributed by atoms with Gasteiger partial charge in [0.05, 0.1) is 12.2 Å². The van der Waals surface area contributed by atoms with Gasteiger partial charge < -0.3 is 5.32 Å². The number of amides is 1. The second-order valence-electron chi connectivity index (χ2n) is 5.48. The summed E-state index contributed by atoms with van der Waals surface area (Å²) in [6.45, 7) is -0.450. The minimum Gasteiger partial charge on any atom is -0.317 e. The maximum atomic E-state index is 13.6. The number of anilines is 1. The van der Waals surface area contributed by atoms with Crippen molar-refractivity contribution in [1.29, 1.82) is 0 Å². The van der Waals surface area contributed by atoms with Crippen LogP contribution in [0.5, 0.6) is 0 Å². The van der Waals surface area contributed by atoms with Gasteiger partial charge in [-0.15, -0.1) is 10.2 Å². The van der Waals surface area contributed by atoms with E-state index in [1.807, 2.05) is 4.72 Å². The molecule has 0 fully saturated rings. The van der Waals surface area contributed by atoms with Crippen molar-refractivity contribution in [2.24, 2.45) is 0 Å². The van der Waals surface area contributed by atoms with Crippen molar-refractivity contribution in [1.82, 2.24) is 14.9 Å². The van der Waals surface area contributed by atoms with E-state index < -0.39 is 50.6 Å². The molecule has 1 heterocycles. The zero-order chi connectivity index (χ0) is 21.2. The minimum atomic E-state index is -4.39. The normalized spacial score (nSPS) is 11.4. The number of nitrogens with zero attached hydrogens (tertiary/aromatic N) is 2. The van der Waals surface area contributed by atoms with Gasteiger partial charge in [-0.1, -0.05) is 11.3 Å². The van der Waals surface area contributed by atoms with Crippen molar-refractivity contribution >= 4 is 33.0 Å². The fraction of sp³-hybridized carbons (Fsp3) is 0.0625. The SMILES string of the molecule is O=C(Nc1ccc(F)cc1F)c1nnc(CNS(=O)(=O)c2cc(F)ccc2F)s1. The standard InChI is InChI=1S/C16H10F4N4O3S2/c17-8-2-4-12(11(20)5-8)22-15(25)16-24-23-14(28-16)7-21-29(26,27)13-6-9(18)1-3-10(13)19/h1-6,21H,7H2,(H,22,25). The Morgan fingerprint density at radius 2 is 1.66 bits per heavy atom. The average Bonchev–Trinajstić information content (AvgIpc) is 3.13. The Hall–Kier alpha value is -2.90. The third kappa shape index (κ3) is 4.93. The van der Waals surface area contributed by atoms with Gasteiger partial charge in [-0.3, -0.25) is 4.79 Å². The molecule has 0 saturated carbocycles. The molecule has 13 heteroatoms. The second kappa shape index (κ2) is 8.23. The molecule has 0 bridgehead atoms. The molecule has 0 spiro atoms. The highest BCUT2D eigenvalue weighted by molar-refractivity contribution is 7.89. The summed E-state index contributed by atoms with van der Waals surface area (Å²) in [6.07, 6.45) is 0. The number of hydrogen-bond acceptors (Lipinski definition) is 6. The van der Waals surface area contributed by atoms with Crippen molar-refractivity contribution in [2.45, 2.75) is 11.4 Å². The van der Waals surface area contributed by atoms with E-state index in [9.17, 15) is 30.8 Å². The number of aromatic nitrogens is 2. The smallest absolute Gasteiger partial charge is 0.286 e. The monoisotopic (exact) mass is 446 g/mol. The number of benzene rings is 2. The number of rotatable bonds is 6. The summed E-state index contributed by atoms with van der Waals surface area (Å²) in [5, 5.41) is 9.16. The molecular formula is C16H10F4N4O3S2. The van der Waals surface area contributed by atoms with Crippen molar-refractivity contribution in [2.75, 3.05) is 5.32 Å². The van der Waals surface area contributed by atoms with Gasteiger partial charge in [-0.05, 0) is 30.3 Å². The molecular weight excluding hydrogens is 436 g/mol. The topological polar surface area (TPSA) is 101 Å². The summed E-state index contributed by atoms with van der Waals surface area (Å²) in [5.74, 6) is -4.74. The molecule has 152 valence electrons. The molecule has 0 unspecified atom stereocenters. The summed E-state index contributed by atoms with van der Waals surface area (Å²) >= 11 is 0.687. The lowest BCUT2D eigenvalue weighted by molar-refractivity contribution is 0.102. The van der Waals surface area contributed by atoms with Gasteiger partial charge in [-0.2, -0.15) is 0 Å². The second-order valence-corrected chi connectivity index (χ2v) is 8.28. The lowest BCUT2D eigenvalue weighted by Gasteiger charge is -2.06. The first-order valence-electron chi connectivity index (χ1n) is 7.69. The van der Waals surface area contributed by atoms with E-state index in [4.69, 9.17) is 0 Å². The zero-order valence-electron chi connectivity index (χ0n) is 14.1. The van der Waals surface area contributed by atoms with Crippen LogP contribution in [0.2, 0.25) is 0 Å². The van der Waals surface area contributed by atoms with Crippen LogP contribution in [0.1, 0.15) is 14.8 Å². The highest BCUT2D eigenvalue weighted by atomic mass is 32.2. The first-order valence-corrected chi connectivity index (χ1v) is 9.99. The number of carbonyl (C=O) groups excluding carboxylic acids is 1. The molecule has 29 heavy (non-hydrogen) atoms. The Morgan fingerprint density at radius 1 is 0.966 bits per heavy atom. The predicted octanol–water partition coefficient (Wildman–Crippen LogP) is 2.83. The van der Waals surface area contributed by atoms with Gasteiger partial charge in [0.25, 0.3) is 5.91 Å². The molecule has 2 N–H and O–H groups in total. The molecule has 0 atom stereocenters. The average molecular weight is 446 g/mol. The summed E-state index contributed by atoms with van der Waals surface area (Å²) in [5.41, 5.74) is -0.282. The quantitative estimate of drug-likeness (QED) is 0.567. The first-order chi connectivity index (χ1) is 13.7. The van der Waals surface area contributed by atoms with Crippen LogP contribution in [0.15, 0.2) is 41.3 Å². The Balaban J connectivity index is 1.68. The van der Waals surface area contributed by atoms with Crippen LogP contribution in [0, 0.1) is 23.3 Å². The molecule has 0 saturated heterocycles. The van der Waals surface area contributed by atoms with E-state index in [1.165, 1.54) is 0 Å². The first kappa shape index (κ1) is 20.8. The van der Waals surface area contributed by atoms with Crippen LogP contribution < -0.4 is 10.0 Å². The molecule has 3 rings (SSSR count). The van der Waals surface area contributed by atoms with Gasteiger partial charge in [0.1, 0.15) is 33.2 Å². The van der Waals surface area contributed by atoms with Gasteiger partial charge in [0, 0.05) is 6.07 Å². The van der Waals surface area contributed by atoms with Crippen LogP contribution in [-0.2, 0) is 16.6 Å². The number of halogens is 4. The summed E-state index contributed by atoms with van der Waals surface area (Å²) < 4.78 is 79.6. The van der Waals surface area contributed by atoms with E-state index in [1.54, 1.807) is 0 Å². The number of hydrogen-bond donors (Lipinski definition) is 2. The van der Waals surface area contributed by atoms with Crippen LogP contribution >= 0.6 is 11.3 Å². The van der Waals surface area contributed by atoms with Gasteiger partial charge in [0.15, 0.2) is 0 Å². The van der Waals surface area contributed by atoms with Crippen LogP contribution in [0.25, 0.3) is 0 Å². The maximum absolute atomic E-state index is 13.6. The highest BCUT2D eigenvalue weighted by Gasteiger charge is 2.21. The molecule has 1 aromatic heterocycles. The van der Waals surface area contributed by atoms with E-state index in [0.29, 0.717) is 29.5 Å². The Morgan fingerprint density at radius 3 is 2.38 bits per heavy atom. The molecule has 0 aliphatic rings. The Labute approximate surface area is 165 Å². The van der Waals surface area contributed by atoms with Crippen LogP contribution in [0.3, 0.4) is 0 Å². The zero-order valence-corrected chi connectivity index (χ0v) is 15.8. The predicted molar refractivity (Wildman–Crippen MR) is 94.6 cm³/mol. The van der Waals surface area contributed by atoms with Crippen LogP contribution in [-0.4, -0.2) is 24.5 Å². The highest BCUT2D eigenvalue weighted by Crippen LogP contribution is 2.19. The van der Waals surface area contributed by atoms with Crippen molar-refractivity contribution in [3.63, 3.8) is 0 Å². The third-order valence-corrected chi connectivity index (χ3v) is 5.77. The summed E-state index contributed by atoms with van der Waals surface area (Å²) in [7, 11) is -4.39. The molecule has 1 amide bonds. The molecule has 0 radical (unpaired) electrons. The molecule has 7 nitrogen and oxygen atoms in total. The fourth-order valence-corrected chi connectivity index (χ4v) is 3.94. The van der Waals surface area contributed by atoms with Crippen LogP contribution in [0.4, 0.5) is 23.2 Å². The van der Waals surface area contributed by atoms with E-state index in [-0.39, 0.29) is 15.7 Å². The minimum absolute atomic E-state index is 0.0371. The fourth-order valence-electron chi connectivity index (χ4n) is 2.10. The number of carbonyl (C=O) groups is 1. The molecule has 3 aromatic rings. The largest absolute Gasteiger partial charge is 0.317 e. The van der Waals surface area contributed by atoms with E-state index >= 15 is 0 Å². The molecule has 0 aliphatic carbocycles. The third-order valence-electron chi connectivity index (χ3n) is 3.44. The Kier molecular flexibility index (Phi) is 5.91. The van der Waals surface area contributed by atoms with Gasteiger partial charge >= 0.3 is 0 Å². The summed E-state index contributed by atoms with van der Waals surface area (Å²) in [4.78, 5) is 11.2. The van der Waals surface area contributed by atoms with Crippen molar-refractivity contribution < 1.29 is 30.8 Å². The molecule has 2 aromatic carbocycles. The number of sulfonamides is 1. The number of nitrogens with one attached hydrogen (secondary N) is 2. The lowest BCUT2D eigenvalue weighted by Crippen LogP contribution is -2.24. The van der Waals surface area contributed by atoms with Crippen molar-refractivity contribution in [3.05, 3.63) is 69.7 Å². The van der Waals surface area contributed by atoms with E-state index in [0.717, 1.165) is 18.2 Å². The van der Waals surface area contributed by atoms with Gasteiger partial charge in [0.2, 0.25) is 15.0 Å². The maximum Gasteiger partial charge on any atom is 0.286 e. The van der Waals surface area contributed by atoms with Gasteiger partial charge in [-0.25, -0.2) is 30.7 Å². The summed E-state index contributed by atoms with van der Waals surface area (Å²) in [6, 6.07) is 4.52. The lowest BCUT2D eigenvalue weighted by atomic mass is 10.3. The molecule has 0 aliphatic heterocycles. The van der Waals surface area contributed by atoms with E-state index in [2.05, 4.69) is 15.5 Å². The van der Waals surface area contributed by atoms with Crippen molar-refractivity contribution in [3.8, 4) is 0 Å².